The third kappa shape index (κ3) is 36.1. The molecule has 0 spiro atoms. The van der Waals surface area contributed by atoms with Gasteiger partial charge in [-0.25, -0.2) is 4.79 Å². The Labute approximate surface area is 283 Å². The zero-order chi connectivity index (χ0) is 32.0. The highest BCUT2D eigenvalue weighted by Crippen LogP contribution is 2.14. The first-order valence-electron chi connectivity index (χ1n) is 19.4. The summed E-state index contributed by atoms with van der Waals surface area (Å²) in [4.78, 5) is 12.2. The van der Waals surface area contributed by atoms with Crippen molar-refractivity contribution in [1.82, 2.24) is 5.32 Å². The van der Waals surface area contributed by atoms with Crippen molar-refractivity contribution >= 4 is 22.0 Å². The standard InChI is InChI=1S/C38H76BrNO4/c1-3-5-7-9-11-13-15-17-19-21-25-29-33-42-35-37(36-44-38(41)40-32-28-24-23-27-31-39)43-34-30-26-22-20-18-16-14-12-10-8-6-4-2/h37H,3-36H2,1-2H3,(H,40,41). The van der Waals surface area contributed by atoms with Gasteiger partial charge in [-0.2, -0.15) is 0 Å². The Morgan fingerprint density at radius 2 is 0.932 bits per heavy atom. The van der Waals surface area contributed by atoms with Gasteiger partial charge in [0.1, 0.15) is 12.7 Å². The summed E-state index contributed by atoms with van der Waals surface area (Å²) in [6.07, 6.45) is 36.1. The molecule has 6 heteroatoms. The molecular formula is C38H76BrNO4. The highest BCUT2D eigenvalue weighted by molar-refractivity contribution is 9.09. The third-order valence-corrected chi connectivity index (χ3v) is 9.09. The number of amides is 1. The molecule has 0 radical (unpaired) electrons. The van der Waals surface area contributed by atoms with Crippen LogP contribution in [-0.2, 0) is 14.2 Å². The van der Waals surface area contributed by atoms with E-state index in [0.29, 0.717) is 19.8 Å². The number of alkyl carbamates (subject to hydrolysis) is 1. The fourth-order valence-corrected chi connectivity index (χ4v) is 5.98. The third-order valence-electron chi connectivity index (χ3n) is 8.53. The molecule has 1 N–H and O–H groups in total. The van der Waals surface area contributed by atoms with Crippen molar-refractivity contribution in [2.24, 2.45) is 0 Å². The van der Waals surface area contributed by atoms with Gasteiger partial charge in [0.05, 0.1) is 6.61 Å². The van der Waals surface area contributed by atoms with E-state index in [-0.39, 0.29) is 18.8 Å². The van der Waals surface area contributed by atoms with Crippen molar-refractivity contribution in [2.45, 2.75) is 200 Å². The highest BCUT2D eigenvalue weighted by Gasteiger charge is 2.13. The van der Waals surface area contributed by atoms with E-state index in [1.165, 1.54) is 154 Å². The molecule has 0 aliphatic carbocycles. The van der Waals surface area contributed by atoms with Crippen molar-refractivity contribution in [3.8, 4) is 0 Å². The van der Waals surface area contributed by atoms with Crippen LogP contribution in [0.2, 0.25) is 0 Å². The Bertz CT molecular complexity index is 551. The van der Waals surface area contributed by atoms with E-state index >= 15 is 0 Å². The van der Waals surface area contributed by atoms with Gasteiger partial charge in [0, 0.05) is 25.1 Å². The summed E-state index contributed by atoms with van der Waals surface area (Å²) >= 11 is 3.46. The topological polar surface area (TPSA) is 56.8 Å². The monoisotopic (exact) mass is 689 g/mol. The van der Waals surface area contributed by atoms with Gasteiger partial charge in [-0.05, 0) is 25.7 Å². The molecule has 0 heterocycles. The molecular weight excluding hydrogens is 614 g/mol. The summed E-state index contributed by atoms with van der Waals surface area (Å²) in [6.45, 7) is 7.45. The lowest BCUT2D eigenvalue weighted by molar-refractivity contribution is -0.0468. The smallest absolute Gasteiger partial charge is 0.407 e. The molecule has 1 unspecified atom stereocenters. The van der Waals surface area contributed by atoms with Gasteiger partial charge in [-0.15, -0.1) is 0 Å². The van der Waals surface area contributed by atoms with E-state index in [2.05, 4.69) is 35.1 Å². The van der Waals surface area contributed by atoms with E-state index in [9.17, 15) is 4.79 Å². The largest absolute Gasteiger partial charge is 0.447 e. The maximum Gasteiger partial charge on any atom is 0.407 e. The lowest BCUT2D eigenvalue weighted by Crippen LogP contribution is -2.32. The average molecular weight is 691 g/mol. The van der Waals surface area contributed by atoms with Gasteiger partial charge in [-0.3, -0.25) is 0 Å². The van der Waals surface area contributed by atoms with Crippen molar-refractivity contribution in [3.05, 3.63) is 0 Å². The molecule has 0 rings (SSSR count). The summed E-state index contributed by atoms with van der Waals surface area (Å²) in [7, 11) is 0. The molecule has 0 saturated heterocycles. The second-order valence-electron chi connectivity index (χ2n) is 13.0. The number of alkyl halides is 1. The first-order chi connectivity index (χ1) is 21.7. The minimum atomic E-state index is -0.342. The first-order valence-corrected chi connectivity index (χ1v) is 20.5. The Hall–Kier alpha value is -0.330. The summed E-state index contributed by atoms with van der Waals surface area (Å²) < 4.78 is 17.6. The molecule has 1 atom stereocenters. The van der Waals surface area contributed by atoms with Crippen molar-refractivity contribution in [3.63, 3.8) is 0 Å². The zero-order valence-electron chi connectivity index (χ0n) is 29.6. The van der Waals surface area contributed by atoms with Gasteiger partial charge < -0.3 is 19.5 Å². The van der Waals surface area contributed by atoms with Crippen molar-refractivity contribution in [2.75, 3.05) is 38.3 Å². The predicted octanol–water partition coefficient (Wildman–Crippen LogP) is 12.5. The fraction of sp³-hybridized carbons (Fsp3) is 0.974. The number of nitrogens with one attached hydrogen (secondary N) is 1. The van der Waals surface area contributed by atoms with Crippen molar-refractivity contribution in [1.29, 1.82) is 0 Å². The van der Waals surface area contributed by atoms with Crippen LogP contribution in [0.5, 0.6) is 0 Å². The summed E-state index contributed by atoms with van der Waals surface area (Å²) in [5.74, 6) is 0. The van der Waals surface area contributed by atoms with Crippen LogP contribution in [0.4, 0.5) is 4.79 Å². The number of carbonyl (C=O) groups excluding carboxylic acids is 1. The van der Waals surface area contributed by atoms with Crippen LogP contribution >= 0.6 is 15.9 Å². The van der Waals surface area contributed by atoms with Crippen LogP contribution < -0.4 is 5.32 Å². The Balaban J connectivity index is 3.99. The minimum Gasteiger partial charge on any atom is -0.447 e. The Morgan fingerprint density at radius 1 is 0.523 bits per heavy atom. The minimum absolute atomic E-state index is 0.190. The van der Waals surface area contributed by atoms with Gasteiger partial charge in [0.15, 0.2) is 0 Å². The number of carbonyl (C=O) groups is 1. The highest BCUT2D eigenvalue weighted by atomic mass is 79.9. The Kier molecular flexibility index (Phi) is 38.6. The van der Waals surface area contributed by atoms with E-state index < -0.39 is 0 Å². The molecule has 0 aromatic heterocycles. The normalized spacial score (nSPS) is 12.1. The molecule has 0 fully saturated rings. The van der Waals surface area contributed by atoms with E-state index in [1.54, 1.807) is 0 Å². The lowest BCUT2D eigenvalue weighted by Gasteiger charge is -2.18. The van der Waals surface area contributed by atoms with E-state index in [4.69, 9.17) is 14.2 Å². The van der Waals surface area contributed by atoms with Gasteiger partial charge in [0.25, 0.3) is 0 Å². The quantitative estimate of drug-likeness (QED) is 0.0521. The molecule has 1 amide bonds. The molecule has 5 nitrogen and oxygen atoms in total. The number of ether oxygens (including phenoxy) is 3. The van der Waals surface area contributed by atoms with E-state index in [0.717, 1.165) is 37.6 Å². The van der Waals surface area contributed by atoms with Crippen LogP contribution in [-0.4, -0.2) is 50.5 Å². The molecule has 0 aliphatic heterocycles. The number of halogens is 1. The second kappa shape index (κ2) is 38.9. The van der Waals surface area contributed by atoms with Gasteiger partial charge >= 0.3 is 6.09 Å². The molecule has 264 valence electrons. The summed E-state index contributed by atoms with van der Waals surface area (Å²) in [5.41, 5.74) is 0. The number of hydrogen-bond acceptors (Lipinski definition) is 4. The zero-order valence-corrected chi connectivity index (χ0v) is 31.2. The number of hydrogen-bond donors (Lipinski definition) is 1. The van der Waals surface area contributed by atoms with Crippen LogP contribution in [0.3, 0.4) is 0 Å². The average Bonchev–Trinajstić information content (AvgIpc) is 3.03. The predicted molar refractivity (Wildman–Crippen MR) is 194 cm³/mol. The van der Waals surface area contributed by atoms with Crippen LogP contribution in [0.25, 0.3) is 0 Å². The van der Waals surface area contributed by atoms with Crippen molar-refractivity contribution < 1.29 is 19.0 Å². The second-order valence-corrected chi connectivity index (χ2v) is 13.8. The molecule has 0 aromatic carbocycles. The molecule has 44 heavy (non-hydrogen) atoms. The van der Waals surface area contributed by atoms with Gasteiger partial charge in [0.2, 0.25) is 0 Å². The summed E-state index contributed by atoms with van der Waals surface area (Å²) in [6, 6.07) is 0. The Morgan fingerprint density at radius 3 is 1.41 bits per heavy atom. The molecule has 0 saturated carbocycles. The molecule has 0 bridgehead atoms. The SMILES string of the molecule is CCCCCCCCCCCCCCOCC(COC(=O)NCCCCCCBr)OCCCCCCCCCCCCCC. The summed E-state index contributed by atoms with van der Waals surface area (Å²) in [5, 5.41) is 3.93. The maximum atomic E-state index is 12.2. The lowest BCUT2D eigenvalue weighted by atomic mass is 10.1. The molecule has 0 aromatic rings. The fourth-order valence-electron chi connectivity index (χ4n) is 5.58. The van der Waals surface area contributed by atoms with Crippen LogP contribution in [0.15, 0.2) is 0 Å². The van der Waals surface area contributed by atoms with Gasteiger partial charge in [-0.1, -0.05) is 184 Å². The van der Waals surface area contributed by atoms with E-state index in [1.807, 2.05) is 0 Å². The maximum absolute atomic E-state index is 12.2. The molecule has 0 aliphatic rings. The van der Waals surface area contributed by atoms with Crippen LogP contribution in [0, 0.1) is 0 Å². The number of rotatable bonds is 37. The number of unbranched alkanes of at least 4 members (excludes halogenated alkanes) is 25. The van der Waals surface area contributed by atoms with Crippen LogP contribution in [0.1, 0.15) is 194 Å². The first kappa shape index (κ1) is 43.7.